The van der Waals surface area contributed by atoms with Gasteiger partial charge in [0.15, 0.2) is 5.16 Å². The number of carbonyl (C=O) groups excluding carboxylic acids is 1. The second-order valence-electron chi connectivity index (χ2n) is 6.84. The number of nitrogens with one attached hydrogen (secondary N) is 1. The van der Waals surface area contributed by atoms with E-state index in [1.54, 1.807) is 6.08 Å². The molecule has 1 N–H and O–H groups in total. The van der Waals surface area contributed by atoms with Crippen LogP contribution in [-0.4, -0.2) is 27.8 Å². The molecule has 3 aromatic rings. The molecule has 0 bridgehead atoms. The summed E-state index contributed by atoms with van der Waals surface area (Å²) in [6.45, 7) is 1.95. The van der Waals surface area contributed by atoms with Crippen molar-refractivity contribution in [3.63, 3.8) is 0 Å². The summed E-state index contributed by atoms with van der Waals surface area (Å²) in [7, 11) is 0. The number of benzene rings is 2. The summed E-state index contributed by atoms with van der Waals surface area (Å²) in [5.41, 5.74) is 4.73. The highest BCUT2D eigenvalue weighted by molar-refractivity contribution is 7.99. The van der Waals surface area contributed by atoms with Crippen LogP contribution in [0.4, 0.5) is 0 Å². The van der Waals surface area contributed by atoms with Crippen molar-refractivity contribution in [3.8, 4) is 22.5 Å². The first-order valence-corrected chi connectivity index (χ1v) is 10.8. The molecule has 1 aromatic heterocycles. The van der Waals surface area contributed by atoms with E-state index in [4.69, 9.17) is 32.9 Å². The zero-order valence-corrected chi connectivity index (χ0v) is 17.9. The van der Waals surface area contributed by atoms with Gasteiger partial charge in [0.25, 0.3) is 0 Å². The Morgan fingerprint density at radius 1 is 1.07 bits per heavy atom. The number of nitrogens with zero attached hydrogens (tertiary/aromatic N) is 1. The Balaban J connectivity index is 1.62. The van der Waals surface area contributed by atoms with Crippen LogP contribution in [0, 0.1) is 0 Å². The van der Waals surface area contributed by atoms with Crippen molar-refractivity contribution in [2.24, 2.45) is 0 Å². The Kier molecular flexibility index (Phi) is 5.99. The van der Waals surface area contributed by atoms with Gasteiger partial charge in [-0.05, 0) is 31.2 Å². The average Bonchev–Trinajstić information content (AvgIpc) is 3.11. The molecule has 0 spiro atoms. The molecule has 0 fully saturated rings. The lowest BCUT2D eigenvalue weighted by atomic mass is 10.1. The third-order valence-electron chi connectivity index (χ3n) is 4.54. The number of imidazole rings is 1. The van der Waals surface area contributed by atoms with Crippen molar-refractivity contribution in [3.05, 3.63) is 70.2 Å². The van der Waals surface area contributed by atoms with Crippen LogP contribution >= 0.6 is 35.0 Å². The first kappa shape index (κ1) is 20.1. The zero-order chi connectivity index (χ0) is 20.4. The molecule has 0 saturated carbocycles. The molecule has 0 radical (unpaired) electrons. The van der Waals surface area contributed by atoms with E-state index in [1.807, 2.05) is 55.5 Å². The Labute approximate surface area is 183 Å². The zero-order valence-electron chi connectivity index (χ0n) is 15.6. The van der Waals surface area contributed by atoms with Gasteiger partial charge < -0.3 is 9.72 Å². The average molecular weight is 445 g/mol. The van der Waals surface area contributed by atoms with E-state index in [9.17, 15) is 4.79 Å². The van der Waals surface area contributed by atoms with Crippen LogP contribution in [0.1, 0.15) is 13.3 Å². The van der Waals surface area contributed by atoms with Gasteiger partial charge in [-0.2, -0.15) is 0 Å². The summed E-state index contributed by atoms with van der Waals surface area (Å²) in [5.74, 6) is 0.354. The third-order valence-corrected chi connectivity index (χ3v) is 6.04. The monoisotopic (exact) mass is 444 g/mol. The number of hydrogen-bond donors (Lipinski definition) is 1. The number of cyclic esters (lactones) is 1. The SMILES string of the molecule is CC1=CC(=O)O[C@@H](CSc2nc(-c3ccc(Cl)cc3)c(-c3ccc(Cl)cc3)[nH]2)C1. The normalized spacial score (nSPS) is 16.4. The molecule has 7 heteroatoms. The minimum Gasteiger partial charge on any atom is -0.458 e. The lowest BCUT2D eigenvalue weighted by Crippen LogP contribution is -2.24. The van der Waals surface area contributed by atoms with Crippen LogP contribution in [0.15, 0.2) is 65.3 Å². The van der Waals surface area contributed by atoms with Gasteiger partial charge in [0, 0.05) is 39.4 Å². The van der Waals surface area contributed by atoms with Gasteiger partial charge in [0.1, 0.15) is 6.10 Å². The second kappa shape index (κ2) is 8.66. The fourth-order valence-corrected chi connectivity index (χ4v) is 4.30. The molecule has 1 aliphatic rings. The van der Waals surface area contributed by atoms with Crippen LogP contribution in [0.2, 0.25) is 10.0 Å². The molecule has 0 saturated heterocycles. The van der Waals surface area contributed by atoms with Crippen molar-refractivity contribution in [2.45, 2.75) is 24.6 Å². The Morgan fingerprint density at radius 2 is 1.69 bits per heavy atom. The highest BCUT2D eigenvalue weighted by Gasteiger charge is 2.21. The standard InChI is InChI=1S/C22H18Cl2N2O2S/c1-13-10-18(28-19(27)11-13)12-29-22-25-20(14-2-6-16(23)7-3-14)21(26-22)15-4-8-17(24)9-5-15/h2-9,11,18H,10,12H2,1H3,(H,25,26)/t18-/m1/s1. The second-order valence-corrected chi connectivity index (χ2v) is 8.73. The van der Waals surface area contributed by atoms with Crippen LogP contribution in [0.3, 0.4) is 0 Å². The van der Waals surface area contributed by atoms with E-state index in [0.29, 0.717) is 15.8 Å². The first-order chi connectivity index (χ1) is 14.0. The fourth-order valence-electron chi connectivity index (χ4n) is 3.19. The van der Waals surface area contributed by atoms with Gasteiger partial charge in [-0.1, -0.05) is 64.8 Å². The van der Waals surface area contributed by atoms with E-state index in [2.05, 4.69) is 4.98 Å². The lowest BCUT2D eigenvalue weighted by Gasteiger charge is -2.20. The van der Waals surface area contributed by atoms with Crippen molar-refractivity contribution < 1.29 is 9.53 Å². The quantitative estimate of drug-likeness (QED) is 0.365. The van der Waals surface area contributed by atoms with Crippen molar-refractivity contribution in [1.82, 2.24) is 9.97 Å². The van der Waals surface area contributed by atoms with Gasteiger partial charge in [0.05, 0.1) is 11.4 Å². The maximum Gasteiger partial charge on any atom is 0.331 e. The molecule has 2 heterocycles. The van der Waals surface area contributed by atoms with Crippen molar-refractivity contribution in [1.29, 1.82) is 0 Å². The number of esters is 1. The molecule has 0 amide bonds. The number of hydrogen-bond acceptors (Lipinski definition) is 4. The molecule has 4 nitrogen and oxygen atoms in total. The van der Waals surface area contributed by atoms with Crippen LogP contribution in [0.5, 0.6) is 0 Å². The summed E-state index contributed by atoms with van der Waals surface area (Å²) in [4.78, 5) is 19.8. The molecule has 29 heavy (non-hydrogen) atoms. The predicted octanol–water partition coefficient (Wildman–Crippen LogP) is 6.40. The topological polar surface area (TPSA) is 55.0 Å². The molecular formula is C22H18Cl2N2O2S. The van der Waals surface area contributed by atoms with E-state index in [-0.39, 0.29) is 12.1 Å². The van der Waals surface area contributed by atoms with E-state index in [1.165, 1.54) is 11.8 Å². The molecule has 148 valence electrons. The molecular weight excluding hydrogens is 427 g/mol. The molecule has 1 aliphatic heterocycles. The number of halogens is 2. The van der Waals surface area contributed by atoms with Gasteiger partial charge >= 0.3 is 5.97 Å². The van der Waals surface area contributed by atoms with E-state index >= 15 is 0 Å². The number of rotatable bonds is 5. The summed E-state index contributed by atoms with van der Waals surface area (Å²) in [5, 5.41) is 2.12. The van der Waals surface area contributed by atoms with E-state index in [0.717, 1.165) is 39.7 Å². The van der Waals surface area contributed by atoms with Crippen LogP contribution in [0.25, 0.3) is 22.5 Å². The summed E-state index contributed by atoms with van der Waals surface area (Å²) < 4.78 is 5.40. The van der Waals surface area contributed by atoms with Crippen LogP contribution in [-0.2, 0) is 9.53 Å². The van der Waals surface area contributed by atoms with Gasteiger partial charge in [-0.15, -0.1) is 0 Å². The molecule has 0 aliphatic carbocycles. The Morgan fingerprint density at radius 3 is 2.31 bits per heavy atom. The van der Waals surface area contributed by atoms with Gasteiger partial charge in [-0.3, -0.25) is 0 Å². The summed E-state index contributed by atoms with van der Waals surface area (Å²) in [6, 6.07) is 15.2. The molecule has 4 rings (SSSR count). The minimum atomic E-state index is -0.275. The predicted molar refractivity (Wildman–Crippen MR) is 118 cm³/mol. The largest absolute Gasteiger partial charge is 0.458 e. The summed E-state index contributed by atoms with van der Waals surface area (Å²) >= 11 is 13.6. The minimum absolute atomic E-state index is 0.152. The number of thioether (sulfide) groups is 1. The van der Waals surface area contributed by atoms with Gasteiger partial charge in [0.2, 0.25) is 0 Å². The van der Waals surface area contributed by atoms with Crippen LogP contribution < -0.4 is 0 Å². The number of ether oxygens (including phenoxy) is 1. The number of aromatic amines is 1. The summed E-state index contributed by atoms with van der Waals surface area (Å²) in [6.07, 6.45) is 2.14. The van der Waals surface area contributed by atoms with Crippen molar-refractivity contribution in [2.75, 3.05) is 5.75 Å². The van der Waals surface area contributed by atoms with Crippen molar-refractivity contribution >= 4 is 40.9 Å². The maximum atomic E-state index is 11.6. The maximum absolute atomic E-state index is 11.6. The van der Waals surface area contributed by atoms with Gasteiger partial charge in [-0.25, -0.2) is 9.78 Å². The van der Waals surface area contributed by atoms with E-state index < -0.39 is 0 Å². The Bertz CT molecular complexity index is 996. The lowest BCUT2D eigenvalue weighted by molar-refractivity contribution is -0.143. The highest BCUT2D eigenvalue weighted by atomic mass is 35.5. The highest BCUT2D eigenvalue weighted by Crippen LogP contribution is 2.34. The third kappa shape index (κ3) is 4.86. The molecule has 1 atom stereocenters. The molecule has 0 unspecified atom stereocenters. The Hall–Kier alpha value is -2.21. The number of aromatic nitrogens is 2. The smallest absolute Gasteiger partial charge is 0.331 e. The number of H-pyrrole nitrogens is 1. The number of carbonyl (C=O) groups is 1. The fraction of sp³-hybridized carbons (Fsp3) is 0.182. The molecule has 2 aromatic carbocycles. The first-order valence-electron chi connectivity index (χ1n) is 9.10.